The monoisotopic (exact) mass is 389 g/mol. The lowest BCUT2D eigenvalue weighted by Crippen LogP contribution is -2.31. The van der Waals surface area contributed by atoms with Crippen LogP contribution in [0.5, 0.6) is 0 Å². The first-order valence-corrected chi connectivity index (χ1v) is 9.93. The predicted molar refractivity (Wildman–Crippen MR) is 117 cm³/mol. The van der Waals surface area contributed by atoms with Crippen LogP contribution in [0.4, 0.5) is 5.69 Å². The second kappa shape index (κ2) is 8.91. The maximum absolute atomic E-state index is 12.7. The van der Waals surface area contributed by atoms with Gasteiger partial charge in [0, 0.05) is 5.69 Å². The van der Waals surface area contributed by atoms with Crippen LogP contribution in [0, 0.1) is 6.92 Å². The number of rotatable bonds is 6. The van der Waals surface area contributed by atoms with Crippen molar-refractivity contribution in [2.24, 2.45) is 0 Å². The van der Waals surface area contributed by atoms with Gasteiger partial charge < -0.3 is 10.1 Å². The molecule has 0 fully saturated rings. The summed E-state index contributed by atoms with van der Waals surface area (Å²) in [4.78, 5) is 25.1. The summed E-state index contributed by atoms with van der Waals surface area (Å²) in [5.41, 5.74) is 3.73. The van der Waals surface area contributed by atoms with Crippen LogP contribution >= 0.6 is 0 Å². The molecule has 1 N–H and O–H groups in total. The Bertz CT molecular complexity index is 1030. The average Bonchev–Trinajstić information content (AvgIpc) is 2.69. The molecule has 0 aliphatic heterocycles. The van der Waals surface area contributed by atoms with E-state index in [2.05, 4.69) is 19.2 Å². The number of nitrogens with one attached hydrogen (secondary N) is 1. The highest BCUT2D eigenvalue weighted by Crippen LogP contribution is 2.27. The smallest absolute Gasteiger partial charge is 0.311 e. The van der Waals surface area contributed by atoms with Crippen molar-refractivity contribution in [1.82, 2.24) is 0 Å². The van der Waals surface area contributed by atoms with Crippen molar-refractivity contribution in [1.29, 1.82) is 0 Å². The SMILES string of the molecule is Cc1cccc(C(C)C)c1NC(=O)C(C)OC(=O)Cc1cccc2ccccc12. The summed E-state index contributed by atoms with van der Waals surface area (Å²) < 4.78 is 5.43. The topological polar surface area (TPSA) is 55.4 Å². The van der Waals surface area contributed by atoms with E-state index in [0.717, 1.165) is 33.2 Å². The van der Waals surface area contributed by atoms with E-state index < -0.39 is 12.1 Å². The zero-order valence-corrected chi connectivity index (χ0v) is 17.4. The Balaban J connectivity index is 1.68. The average molecular weight is 389 g/mol. The zero-order valence-electron chi connectivity index (χ0n) is 17.4. The first kappa shape index (κ1) is 20.6. The highest BCUT2D eigenvalue weighted by atomic mass is 16.5. The third kappa shape index (κ3) is 4.83. The summed E-state index contributed by atoms with van der Waals surface area (Å²) in [6.07, 6.45) is -0.752. The molecule has 0 radical (unpaired) electrons. The van der Waals surface area contributed by atoms with Gasteiger partial charge in [-0.25, -0.2) is 0 Å². The number of carbonyl (C=O) groups excluding carboxylic acids is 2. The largest absolute Gasteiger partial charge is 0.452 e. The molecule has 1 amide bonds. The lowest BCUT2D eigenvalue weighted by atomic mass is 9.98. The minimum Gasteiger partial charge on any atom is -0.452 e. The number of benzene rings is 3. The summed E-state index contributed by atoms with van der Waals surface area (Å²) in [5, 5.41) is 5.04. The van der Waals surface area contributed by atoms with Crippen LogP contribution in [-0.4, -0.2) is 18.0 Å². The van der Waals surface area contributed by atoms with Crippen LogP contribution in [0.1, 0.15) is 43.4 Å². The fourth-order valence-corrected chi connectivity index (χ4v) is 3.46. The molecule has 0 saturated carbocycles. The summed E-state index contributed by atoms with van der Waals surface area (Å²) in [6, 6.07) is 19.7. The molecular formula is C25H27NO3. The minimum absolute atomic E-state index is 0.126. The molecule has 3 rings (SSSR count). The summed E-state index contributed by atoms with van der Waals surface area (Å²) in [7, 11) is 0. The maximum Gasteiger partial charge on any atom is 0.311 e. The molecule has 3 aromatic carbocycles. The van der Waals surface area contributed by atoms with Crippen LogP contribution < -0.4 is 5.32 Å². The molecule has 3 aromatic rings. The third-order valence-electron chi connectivity index (χ3n) is 5.07. The number of hydrogen-bond donors (Lipinski definition) is 1. The number of amides is 1. The van der Waals surface area contributed by atoms with Gasteiger partial charge >= 0.3 is 5.97 Å². The van der Waals surface area contributed by atoms with Crippen molar-refractivity contribution < 1.29 is 14.3 Å². The number of anilines is 1. The van der Waals surface area contributed by atoms with Gasteiger partial charge in [-0.15, -0.1) is 0 Å². The fraction of sp³-hybridized carbons (Fsp3) is 0.280. The molecule has 0 spiro atoms. The summed E-state index contributed by atoms with van der Waals surface area (Å²) >= 11 is 0. The zero-order chi connectivity index (χ0) is 21.0. The molecule has 0 aliphatic carbocycles. The van der Waals surface area contributed by atoms with Crippen LogP contribution in [0.2, 0.25) is 0 Å². The van der Waals surface area contributed by atoms with Crippen molar-refractivity contribution in [3.63, 3.8) is 0 Å². The summed E-state index contributed by atoms with van der Waals surface area (Å²) in [5.74, 6) is -0.472. The Morgan fingerprint density at radius 1 is 0.931 bits per heavy atom. The quantitative estimate of drug-likeness (QED) is 0.576. The van der Waals surface area contributed by atoms with Crippen LogP contribution in [0.3, 0.4) is 0 Å². The molecule has 4 heteroatoms. The number of hydrogen-bond acceptors (Lipinski definition) is 3. The number of esters is 1. The standard InChI is InChI=1S/C25H27NO3/c1-16(2)21-14-7-9-17(3)24(21)26-25(28)18(4)29-23(27)15-20-12-8-11-19-10-5-6-13-22(19)20/h5-14,16,18H,15H2,1-4H3,(H,26,28). The Labute approximate surface area is 171 Å². The predicted octanol–water partition coefficient (Wildman–Crippen LogP) is 5.38. The van der Waals surface area contributed by atoms with Crippen LogP contribution in [0.15, 0.2) is 60.7 Å². The van der Waals surface area contributed by atoms with Crippen molar-refractivity contribution >= 4 is 28.3 Å². The van der Waals surface area contributed by atoms with E-state index in [1.807, 2.05) is 67.6 Å². The molecule has 0 saturated heterocycles. The van der Waals surface area contributed by atoms with Gasteiger partial charge in [-0.3, -0.25) is 9.59 Å². The first-order chi connectivity index (χ1) is 13.9. The molecule has 0 bridgehead atoms. The lowest BCUT2D eigenvalue weighted by Gasteiger charge is -2.19. The number of carbonyl (C=O) groups is 2. The molecule has 0 aromatic heterocycles. The lowest BCUT2D eigenvalue weighted by molar-refractivity contribution is -0.152. The van der Waals surface area contributed by atoms with Gasteiger partial charge in [-0.05, 0) is 47.2 Å². The Morgan fingerprint density at radius 2 is 1.62 bits per heavy atom. The van der Waals surface area contributed by atoms with Crippen LogP contribution in [-0.2, 0) is 20.7 Å². The Kier molecular flexibility index (Phi) is 6.32. The second-order valence-corrected chi connectivity index (χ2v) is 7.63. The fourth-order valence-electron chi connectivity index (χ4n) is 3.46. The van der Waals surface area contributed by atoms with Gasteiger partial charge in [0.25, 0.3) is 5.91 Å². The van der Waals surface area contributed by atoms with Gasteiger partial charge in [0.15, 0.2) is 6.10 Å². The Morgan fingerprint density at radius 3 is 2.38 bits per heavy atom. The summed E-state index contributed by atoms with van der Waals surface area (Å²) in [6.45, 7) is 7.72. The van der Waals surface area contributed by atoms with Gasteiger partial charge in [0.2, 0.25) is 0 Å². The number of ether oxygens (including phenoxy) is 1. The second-order valence-electron chi connectivity index (χ2n) is 7.63. The van der Waals surface area contributed by atoms with E-state index in [1.54, 1.807) is 6.92 Å². The van der Waals surface area contributed by atoms with Gasteiger partial charge in [0.1, 0.15) is 0 Å². The molecule has 1 atom stereocenters. The molecule has 0 aliphatic rings. The van der Waals surface area contributed by atoms with Crippen molar-refractivity contribution in [2.45, 2.75) is 46.1 Å². The highest BCUT2D eigenvalue weighted by Gasteiger charge is 2.21. The molecule has 1 unspecified atom stereocenters. The third-order valence-corrected chi connectivity index (χ3v) is 5.07. The van der Waals surface area contributed by atoms with E-state index in [1.165, 1.54) is 0 Å². The number of aryl methyl sites for hydroxylation is 1. The van der Waals surface area contributed by atoms with Crippen molar-refractivity contribution in [3.8, 4) is 0 Å². The van der Waals surface area contributed by atoms with Crippen molar-refractivity contribution in [3.05, 3.63) is 77.4 Å². The van der Waals surface area contributed by atoms with E-state index in [9.17, 15) is 9.59 Å². The molecule has 4 nitrogen and oxygen atoms in total. The molecule has 0 heterocycles. The molecule has 150 valence electrons. The number of para-hydroxylation sites is 1. The maximum atomic E-state index is 12.7. The van der Waals surface area contributed by atoms with E-state index in [0.29, 0.717) is 0 Å². The normalized spacial score (nSPS) is 12.0. The molecule has 29 heavy (non-hydrogen) atoms. The highest BCUT2D eigenvalue weighted by molar-refractivity contribution is 5.97. The van der Waals surface area contributed by atoms with E-state index in [4.69, 9.17) is 4.74 Å². The van der Waals surface area contributed by atoms with Crippen LogP contribution in [0.25, 0.3) is 10.8 Å². The Hall–Kier alpha value is -3.14. The van der Waals surface area contributed by atoms with Crippen molar-refractivity contribution in [2.75, 3.05) is 5.32 Å². The van der Waals surface area contributed by atoms with Gasteiger partial charge in [-0.2, -0.15) is 0 Å². The van der Waals surface area contributed by atoms with E-state index in [-0.39, 0.29) is 18.2 Å². The van der Waals surface area contributed by atoms with Gasteiger partial charge in [0.05, 0.1) is 6.42 Å². The van der Waals surface area contributed by atoms with E-state index >= 15 is 0 Å². The minimum atomic E-state index is -0.878. The molecular weight excluding hydrogens is 362 g/mol. The van der Waals surface area contributed by atoms with Gasteiger partial charge in [-0.1, -0.05) is 74.5 Å². The first-order valence-electron chi connectivity index (χ1n) is 9.93. The number of fused-ring (bicyclic) bond motifs is 1.